The zero-order valence-corrected chi connectivity index (χ0v) is 20.4. The third kappa shape index (κ3) is 5.41. The molecule has 3 N–H and O–H groups in total. The molecule has 5 nitrogen and oxygen atoms in total. The Balaban J connectivity index is 1.45. The zero-order chi connectivity index (χ0) is 21.8. The molecule has 0 amide bonds. The van der Waals surface area contributed by atoms with Crippen LogP contribution in [0, 0.1) is 0 Å². The van der Waals surface area contributed by atoms with Crippen LogP contribution >= 0.6 is 35.1 Å². The van der Waals surface area contributed by atoms with E-state index in [0.29, 0.717) is 26.7 Å². The number of benzene rings is 2. The first-order valence-corrected chi connectivity index (χ1v) is 13.1. The van der Waals surface area contributed by atoms with Gasteiger partial charge in [-0.25, -0.2) is 8.51 Å². The molecule has 4 rings (SSSR count). The SMILES string of the molecule is CCCN(Sc1ccc(S(=O)Nc2ccc(Cl)c3c(Cl)c[nH]c23)cc1)C1CCNCC1. The van der Waals surface area contributed by atoms with Crippen LogP contribution in [0.25, 0.3) is 10.9 Å². The van der Waals surface area contributed by atoms with Gasteiger partial charge in [-0.2, -0.15) is 0 Å². The van der Waals surface area contributed by atoms with Crippen LogP contribution in [0.5, 0.6) is 0 Å². The van der Waals surface area contributed by atoms with E-state index in [2.05, 4.69) is 26.3 Å². The molecule has 2 heterocycles. The highest BCUT2D eigenvalue weighted by Crippen LogP contribution is 2.35. The third-order valence-electron chi connectivity index (χ3n) is 5.36. The van der Waals surface area contributed by atoms with Crippen LogP contribution in [0.2, 0.25) is 10.0 Å². The van der Waals surface area contributed by atoms with Crippen molar-refractivity contribution in [2.75, 3.05) is 24.4 Å². The molecule has 1 saturated heterocycles. The van der Waals surface area contributed by atoms with Crippen molar-refractivity contribution < 1.29 is 4.21 Å². The Hall–Kier alpha value is -1.22. The highest BCUT2D eigenvalue weighted by Gasteiger charge is 2.21. The smallest absolute Gasteiger partial charge is 0.150 e. The van der Waals surface area contributed by atoms with Gasteiger partial charge in [0.1, 0.15) is 11.0 Å². The van der Waals surface area contributed by atoms with Gasteiger partial charge in [-0.1, -0.05) is 30.1 Å². The van der Waals surface area contributed by atoms with E-state index in [1.165, 1.54) is 12.8 Å². The molecule has 0 saturated carbocycles. The Kier molecular flexibility index (Phi) is 7.85. The van der Waals surface area contributed by atoms with Gasteiger partial charge in [-0.15, -0.1) is 0 Å². The van der Waals surface area contributed by atoms with Crippen LogP contribution in [0.15, 0.2) is 52.4 Å². The van der Waals surface area contributed by atoms with Crippen molar-refractivity contribution in [2.24, 2.45) is 0 Å². The lowest BCUT2D eigenvalue weighted by atomic mass is 10.1. The Morgan fingerprint density at radius 3 is 2.58 bits per heavy atom. The summed E-state index contributed by atoms with van der Waals surface area (Å²) in [7, 11) is -1.40. The summed E-state index contributed by atoms with van der Waals surface area (Å²) in [6.07, 6.45) is 5.17. The predicted molar refractivity (Wildman–Crippen MR) is 134 cm³/mol. The lowest BCUT2D eigenvalue weighted by Crippen LogP contribution is -2.40. The molecule has 1 aliphatic rings. The summed E-state index contributed by atoms with van der Waals surface area (Å²) < 4.78 is 18.5. The van der Waals surface area contributed by atoms with Crippen molar-refractivity contribution in [3.05, 3.63) is 52.6 Å². The topological polar surface area (TPSA) is 60.2 Å². The Morgan fingerprint density at radius 2 is 1.87 bits per heavy atom. The van der Waals surface area contributed by atoms with E-state index in [9.17, 15) is 4.21 Å². The molecule has 1 fully saturated rings. The number of rotatable bonds is 8. The van der Waals surface area contributed by atoms with E-state index in [0.717, 1.165) is 41.9 Å². The fourth-order valence-corrected chi connectivity index (χ4v) is 6.38. The summed E-state index contributed by atoms with van der Waals surface area (Å²) in [5, 5.41) is 5.27. The largest absolute Gasteiger partial charge is 0.358 e. The number of halogens is 2. The van der Waals surface area contributed by atoms with Crippen molar-refractivity contribution in [1.82, 2.24) is 14.6 Å². The number of H-pyrrole nitrogens is 1. The first kappa shape index (κ1) is 23.0. The monoisotopic (exact) mass is 496 g/mol. The molecule has 3 aromatic rings. The van der Waals surface area contributed by atoms with Crippen LogP contribution in [0.4, 0.5) is 5.69 Å². The Labute approximate surface area is 200 Å². The van der Waals surface area contributed by atoms with Crippen LogP contribution < -0.4 is 10.0 Å². The standard InChI is InChI=1S/C22H26Cl2N4OS2/c1-2-13-28(15-9-11-25-12-10-15)30-16-3-5-17(6-4-16)31(29)27-20-8-7-18(23)21-19(24)14-26-22(20)21/h3-8,14-15,25-27H,2,9-13H2,1H3. The average molecular weight is 498 g/mol. The highest BCUT2D eigenvalue weighted by molar-refractivity contribution is 7.97. The number of hydrogen-bond donors (Lipinski definition) is 3. The molecule has 31 heavy (non-hydrogen) atoms. The van der Waals surface area contributed by atoms with Crippen molar-refractivity contribution in [3.63, 3.8) is 0 Å². The summed E-state index contributed by atoms with van der Waals surface area (Å²) in [6.45, 7) is 5.45. The molecule has 1 atom stereocenters. The van der Waals surface area contributed by atoms with Gasteiger partial charge in [-0.05, 0) is 80.7 Å². The lowest BCUT2D eigenvalue weighted by molar-refractivity contribution is 0.283. The molecule has 1 aliphatic heterocycles. The van der Waals surface area contributed by atoms with E-state index in [4.69, 9.17) is 23.2 Å². The minimum atomic E-state index is -1.40. The van der Waals surface area contributed by atoms with Crippen molar-refractivity contribution in [1.29, 1.82) is 0 Å². The molecule has 0 radical (unpaired) electrons. The van der Waals surface area contributed by atoms with Gasteiger partial charge < -0.3 is 10.3 Å². The highest BCUT2D eigenvalue weighted by atomic mass is 35.5. The van der Waals surface area contributed by atoms with E-state index < -0.39 is 11.0 Å². The quantitative estimate of drug-likeness (QED) is 0.330. The molecule has 2 aromatic carbocycles. The summed E-state index contributed by atoms with van der Waals surface area (Å²) in [5.41, 5.74) is 1.44. The number of aromatic amines is 1. The number of piperidine rings is 1. The van der Waals surface area contributed by atoms with Crippen LogP contribution in [0.1, 0.15) is 26.2 Å². The average Bonchev–Trinajstić information content (AvgIpc) is 3.19. The molecular formula is C22H26Cl2N4OS2. The number of hydrogen-bond acceptors (Lipinski definition) is 4. The van der Waals surface area contributed by atoms with E-state index in [1.807, 2.05) is 24.3 Å². The molecule has 166 valence electrons. The third-order valence-corrected chi connectivity index (χ3v) is 8.28. The molecule has 0 spiro atoms. The maximum Gasteiger partial charge on any atom is 0.150 e. The van der Waals surface area contributed by atoms with Gasteiger partial charge in [0.2, 0.25) is 0 Å². The van der Waals surface area contributed by atoms with E-state index >= 15 is 0 Å². The minimum Gasteiger partial charge on any atom is -0.358 e. The first-order chi connectivity index (χ1) is 15.1. The fraction of sp³-hybridized carbons (Fsp3) is 0.364. The minimum absolute atomic E-state index is 0.543. The van der Waals surface area contributed by atoms with Crippen molar-refractivity contribution >= 4 is 62.7 Å². The van der Waals surface area contributed by atoms with Crippen LogP contribution in [-0.2, 0) is 11.0 Å². The molecular weight excluding hydrogens is 471 g/mol. The zero-order valence-electron chi connectivity index (χ0n) is 17.3. The van der Waals surface area contributed by atoms with Gasteiger partial charge in [0, 0.05) is 29.1 Å². The second-order valence-electron chi connectivity index (χ2n) is 7.54. The van der Waals surface area contributed by atoms with Gasteiger partial charge in [0.05, 0.1) is 26.1 Å². The Morgan fingerprint density at radius 1 is 1.13 bits per heavy atom. The molecule has 9 heteroatoms. The second-order valence-corrected chi connectivity index (χ2v) is 10.7. The van der Waals surface area contributed by atoms with Crippen LogP contribution in [-0.4, -0.2) is 39.2 Å². The Bertz CT molecular complexity index is 1050. The van der Waals surface area contributed by atoms with Crippen molar-refractivity contribution in [2.45, 2.75) is 42.0 Å². The summed E-state index contributed by atoms with van der Waals surface area (Å²) in [5.74, 6) is 0. The number of anilines is 1. The van der Waals surface area contributed by atoms with E-state index in [1.54, 1.807) is 30.3 Å². The van der Waals surface area contributed by atoms with Crippen LogP contribution in [0.3, 0.4) is 0 Å². The molecule has 1 unspecified atom stereocenters. The maximum absolute atomic E-state index is 12.9. The van der Waals surface area contributed by atoms with Crippen molar-refractivity contribution in [3.8, 4) is 0 Å². The van der Waals surface area contributed by atoms with Gasteiger partial charge in [-0.3, -0.25) is 4.72 Å². The number of nitrogens with zero attached hydrogens (tertiary/aromatic N) is 1. The summed E-state index contributed by atoms with van der Waals surface area (Å²) in [4.78, 5) is 4.98. The second kappa shape index (κ2) is 10.6. The normalized spacial score (nSPS) is 16.1. The number of fused-ring (bicyclic) bond motifs is 1. The van der Waals surface area contributed by atoms with E-state index in [-0.39, 0.29) is 0 Å². The van der Waals surface area contributed by atoms with Gasteiger partial charge in [0.15, 0.2) is 0 Å². The van der Waals surface area contributed by atoms with Gasteiger partial charge in [0.25, 0.3) is 0 Å². The maximum atomic E-state index is 12.9. The molecule has 0 bridgehead atoms. The fourth-order valence-electron chi connectivity index (χ4n) is 3.79. The molecule has 0 aliphatic carbocycles. The predicted octanol–water partition coefficient (Wildman–Crippen LogP) is 6.08. The summed E-state index contributed by atoms with van der Waals surface area (Å²) >= 11 is 14.3. The lowest BCUT2D eigenvalue weighted by Gasteiger charge is -2.33. The van der Waals surface area contributed by atoms with Gasteiger partial charge >= 0.3 is 0 Å². The summed E-state index contributed by atoms with van der Waals surface area (Å²) in [6, 6.07) is 12.1. The number of aromatic nitrogens is 1. The first-order valence-electron chi connectivity index (χ1n) is 10.5. The number of nitrogens with one attached hydrogen (secondary N) is 3. The molecule has 1 aromatic heterocycles.